The summed E-state index contributed by atoms with van der Waals surface area (Å²) < 4.78 is 7.78. The standard InChI is InChI=1S/C22H33N7O.HI/c1-23-22(29-11-12-30-20(17-29)19-15-26-27(2)16-19)25-14-18-7-8-24-21(13-18)28-9-5-3-4-6-10-28;/h7-8,13,15-16,20H,3-6,9-12,14,17H2,1-2H3,(H,23,25);1H. The minimum atomic E-state index is 0. The minimum Gasteiger partial charge on any atom is -0.370 e. The molecule has 2 aromatic rings. The first-order valence-electron chi connectivity index (χ1n) is 11.0. The molecule has 4 heterocycles. The number of rotatable bonds is 4. The number of hydrogen-bond donors (Lipinski definition) is 1. The zero-order valence-electron chi connectivity index (χ0n) is 18.5. The third-order valence-corrected chi connectivity index (χ3v) is 5.87. The third kappa shape index (κ3) is 6.31. The Hall–Kier alpha value is -1.88. The van der Waals surface area contributed by atoms with Crippen LogP contribution in [0.4, 0.5) is 5.82 Å². The number of pyridine rings is 1. The molecule has 0 spiro atoms. The van der Waals surface area contributed by atoms with Crippen LogP contribution in [0.3, 0.4) is 0 Å². The summed E-state index contributed by atoms with van der Waals surface area (Å²) in [7, 11) is 3.77. The molecule has 0 amide bonds. The van der Waals surface area contributed by atoms with Gasteiger partial charge in [-0.05, 0) is 30.5 Å². The Labute approximate surface area is 202 Å². The first-order valence-corrected chi connectivity index (χ1v) is 11.0. The first kappa shape index (κ1) is 23.8. The molecular weight excluding hydrogens is 505 g/mol. The molecule has 2 aliphatic heterocycles. The number of guanidine groups is 1. The largest absolute Gasteiger partial charge is 0.370 e. The molecule has 2 saturated heterocycles. The lowest BCUT2D eigenvalue weighted by molar-refractivity contribution is -0.00805. The number of morpholine rings is 1. The Kier molecular flexibility index (Phi) is 8.94. The van der Waals surface area contributed by atoms with Gasteiger partial charge < -0.3 is 19.9 Å². The summed E-state index contributed by atoms with van der Waals surface area (Å²) >= 11 is 0. The zero-order chi connectivity index (χ0) is 20.8. The van der Waals surface area contributed by atoms with E-state index in [9.17, 15) is 0 Å². The summed E-state index contributed by atoms with van der Waals surface area (Å²) in [4.78, 5) is 13.8. The molecule has 2 aromatic heterocycles. The minimum absolute atomic E-state index is 0. The SMILES string of the molecule is CN=C(NCc1ccnc(N2CCCCCC2)c1)N1CCOC(c2cnn(C)c2)C1.I. The highest BCUT2D eigenvalue weighted by molar-refractivity contribution is 14.0. The van der Waals surface area contributed by atoms with Crippen molar-refractivity contribution in [3.8, 4) is 0 Å². The highest BCUT2D eigenvalue weighted by atomic mass is 127. The number of ether oxygens (including phenoxy) is 1. The topological polar surface area (TPSA) is 70.8 Å². The van der Waals surface area contributed by atoms with Gasteiger partial charge in [0, 0.05) is 58.2 Å². The molecule has 9 heteroatoms. The second-order valence-electron chi connectivity index (χ2n) is 8.08. The third-order valence-electron chi connectivity index (χ3n) is 5.87. The molecule has 8 nitrogen and oxygen atoms in total. The lowest BCUT2D eigenvalue weighted by Crippen LogP contribution is -2.47. The number of hydrogen-bond acceptors (Lipinski definition) is 5. The van der Waals surface area contributed by atoms with Gasteiger partial charge in [0.2, 0.25) is 0 Å². The van der Waals surface area contributed by atoms with E-state index in [1.54, 1.807) is 0 Å². The number of halogens is 1. The molecule has 0 saturated carbocycles. The number of nitrogens with zero attached hydrogens (tertiary/aromatic N) is 6. The fourth-order valence-corrected chi connectivity index (χ4v) is 4.21. The van der Waals surface area contributed by atoms with Crippen LogP contribution in [0.5, 0.6) is 0 Å². The van der Waals surface area contributed by atoms with Crippen LogP contribution in [-0.4, -0.2) is 65.5 Å². The molecule has 0 aromatic carbocycles. The van der Waals surface area contributed by atoms with Crippen LogP contribution in [0, 0.1) is 0 Å². The maximum Gasteiger partial charge on any atom is 0.194 e. The van der Waals surface area contributed by atoms with Gasteiger partial charge in [-0.2, -0.15) is 5.10 Å². The van der Waals surface area contributed by atoms with E-state index in [0.29, 0.717) is 6.61 Å². The van der Waals surface area contributed by atoms with Gasteiger partial charge >= 0.3 is 0 Å². The van der Waals surface area contributed by atoms with Crippen molar-refractivity contribution < 1.29 is 4.74 Å². The Morgan fingerprint density at radius 1 is 1.23 bits per heavy atom. The quantitative estimate of drug-likeness (QED) is 0.366. The molecule has 0 radical (unpaired) electrons. The van der Waals surface area contributed by atoms with E-state index in [1.807, 2.05) is 37.4 Å². The molecular formula is C22H34IN7O. The Morgan fingerprint density at radius 3 is 2.74 bits per heavy atom. The van der Waals surface area contributed by atoms with Gasteiger partial charge in [0.15, 0.2) is 5.96 Å². The van der Waals surface area contributed by atoms with Crippen LogP contribution in [0.25, 0.3) is 0 Å². The predicted octanol–water partition coefficient (Wildman–Crippen LogP) is 2.96. The highest BCUT2D eigenvalue weighted by Crippen LogP contribution is 2.22. The second-order valence-corrected chi connectivity index (χ2v) is 8.08. The summed E-state index contributed by atoms with van der Waals surface area (Å²) in [5.74, 6) is 1.99. The fraction of sp³-hybridized carbons (Fsp3) is 0.591. The van der Waals surface area contributed by atoms with Gasteiger partial charge in [-0.25, -0.2) is 4.98 Å². The van der Waals surface area contributed by atoms with Gasteiger partial charge in [-0.1, -0.05) is 12.8 Å². The van der Waals surface area contributed by atoms with Crippen LogP contribution in [0.2, 0.25) is 0 Å². The Balaban J connectivity index is 0.00000272. The van der Waals surface area contributed by atoms with E-state index in [2.05, 4.69) is 42.3 Å². The molecule has 1 unspecified atom stereocenters. The molecule has 31 heavy (non-hydrogen) atoms. The smallest absolute Gasteiger partial charge is 0.194 e. The maximum absolute atomic E-state index is 5.97. The Bertz CT molecular complexity index is 848. The molecule has 1 atom stereocenters. The number of aliphatic imine (C=N–C) groups is 1. The summed E-state index contributed by atoms with van der Waals surface area (Å²) in [5.41, 5.74) is 2.33. The van der Waals surface area contributed by atoms with Crippen molar-refractivity contribution in [2.24, 2.45) is 12.0 Å². The molecule has 170 valence electrons. The van der Waals surface area contributed by atoms with E-state index in [-0.39, 0.29) is 30.1 Å². The van der Waals surface area contributed by atoms with E-state index in [0.717, 1.165) is 50.1 Å². The fourth-order valence-electron chi connectivity index (χ4n) is 4.21. The molecule has 0 bridgehead atoms. The van der Waals surface area contributed by atoms with Crippen molar-refractivity contribution in [2.45, 2.75) is 38.3 Å². The Morgan fingerprint density at radius 2 is 2.03 bits per heavy atom. The van der Waals surface area contributed by atoms with Crippen LogP contribution in [-0.2, 0) is 18.3 Å². The lowest BCUT2D eigenvalue weighted by Gasteiger charge is -2.34. The monoisotopic (exact) mass is 539 g/mol. The van der Waals surface area contributed by atoms with Gasteiger partial charge in [0.05, 0.1) is 19.3 Å². The van der Waals surface area contributed by atoms with Crippen molar-refractivity contribution in [3.63, 3.8) is 0 Å². The number of anilines is 1. The number of nitrogens with one attached hydrogen (secondary N) is 1. The average Bonchev–Trinajstić information content (AvgIpc) is 3.04. The highest BCUT2D eigenvalue weighted by Gasteiger charge is 2.25. The van der Waals surface area contributed by atoms with E-state index < -0.39 is 0 Å². The van der Waals surface area contributed by atoms with Gasteiger partial charge in [-0.15, -0.1) is 24.0 Å². The van der Waals surface area contributed by atoms with Crippen molar-refractivity contribution in [3.05, 3.63) is 41.9 Å². The van der Waals surface area contributed by atoms with Crippen LogP contribution in [0.15, 0.2) is 35.7 Å². The van der Waals surface area contributed by atoms with E-state index in [4.69, 9.17) is 4.74 Å². The van der Waals surface area contributed by atoms with Crippen molar-refractivity contribution in [1.29, 1.82) is 0 Å². The average molecular weight is 539 g/mol. The molecule has 2 aliphatic rings. The normalized spacial score (nSPS) is 20.2. The van der Waals surface area contributed by atoms with Crippen LogP contribution in [0.1, 0.15) is 42.9 Å². The second kappa shape index (κ2) is 11.7. The lowest BCUT2D eigenvalue weighted by atomic mass is 10.1. The summed E-state index contributed by atoms with van der Waals surface area (Å²) in [6.45, 7) is 5.20. The van der Waals surface area contributed by atoms with Gasteiger partial charge in [0.25, 0.3) is 0 Å². The summed E-state index contributed by atoms with van der Waals surface area (Å²) in [6.07, 6.45) is 11.0. The van der Waals surface area contributed by atoms with Crippen molar-refractivity contribution >= 4 is 35.8 Å². The molecule has 0 aliphatic carbocycles. The maximum atomic E-state index is 5.97. The molecule has 4 rings (SSSR count). The summed E-state index contributed by atoms with van der Waals surface area (Å²) in [5, 5.41) is 7.80. The number of aromatic nitrogens is 3. The van der Waals surface area contributed by atoms with Crippen molar-refractivity contribution in [1.82, 2.24) is 25.0 Å². The van der Waals surface area contributed by atoms with E-state index >= 15 is 0 Å². The summed E-state index contributed by atoms with van der Waals surface area (Å²) in [6, 6.07) is 4.29. The zero-order valence-corrected chi connectivity index (χ0v) is 20.9. The molecule has 2 fully saturated rings. The van der Waals surface area contributed by atoms with E-state index in [1.165, 1.54) is 31.2 Å². The first-order chi connectivity index (χ1) is 14.7. The van der Waals surface area contributed by atoms with Gasteiger partial charge in [-0.3, -0.25) is 9.67 Å². The van der Waals surface area contributed by atoms with Crippen molar-refractivity contribution in [2.75, 3.05) is 44.7 Å². The van der Waals surface area contributed by atoms with Crippen LogP contribution < -0.4 is 10.2 Å². The van der Waals surface area contributed by atoms with Crippen LogP contribution >= 0.6 is 24.0 Å². The van der Waals surface area contributed by atoms with Gasteiger partial charge in [0.1, 0.15) is 11.9 Å². The molecule has 1 N–H and O–H groups in total. The predicted molar refractivity (Wildman–Crippen MR) is 134 cm³/mol. The number of aryl methyl sites for hydroxylation is 1.